The van der Waals surface area contributed by atoms with Crippen molar-refractivity contribution in [3.8, 4) is 0 Å². The van der Waals surface area contributed by atoms with Gasteiger partial charge in [0, 0.05) is 32.4 Å². The fourth-order valence-corrected chi connectivity index (χ4v) is 2.08. The van der Waals surface area contributed by atoms with E-state index < -0.39 is 5.41 Å². The Labute approximate surface area is 126 Å². The van der Waals surface area contributed by atoms with Crippen LogP contribution < -0.4 is 5.32 Å². The monoisotopic (exact) mass is 294 g/mol. The number of aliphatic hydroxyl groups is 1. The zero-order chi connectivity index (χ0) is 15.7. The van der Waals surface area contributed by atoms with Gasteiger partial charge in [-0.3, -0.25) is 9.69 Å². The molecule has 0 fully saturated rings. The first-order valence-electron chi connectivity index (χ1n) is 7.18. The fourth-order valence-electron chi connectivity index (χ4n) is 2.08. The van der Waals surface area contributed by atoms with Crippen molar-refractivity contribution in [2.45, 2.75) is 13.8 Å². The molecule has 5 nitrogen and oxygen atoms in total. The third-order valence-corrected chi connectivity index (χ3v) is 3.29. The molecule has 0 saturated carbocycles. The molecule has 0 heterocycles. The average molecular weight is 294 g/mol. The van der Waals surface area contributed by atoms with Gasteiger partial charge < -0.3 is 15.2 Å². The van der Waals surface area contributed by atoms with Crippen LogP contribution in [-0.4, -0.2) is 55.9 Å². The minimum Gasteiger partial charge on any atom is -0.395 e. The van der Waals surface area contributed by atoms with Gasteiger partial charge in [-0.1, -0.05) is 18.2 Å². The van der Waals surface area contributed by atoms with Gasteiger partial charge in [-0.25, -0.2) is 0 Å². The largest absolute Gasteiger partial charge is 0.395 e. The molecule has 21 heavy (non-hydrogen) atoms. The molecule has 0 saturated heterocycles. The van der Waals surface area contributed by atoms with Crippen LogP contribution in [0, 0.1) is 5.41 Å². The Balaban J connectivity index is 2.62. The van der Waals surface area contributed by atoms with E-state index in [0.29, 0.717) is 26.2 Å². The molecular formula is C16H26N2O3. The normalized spacial score (nSPS) is 11.7. The molecule has 1 rings (SSSR count). The lowest BCUT2D eigenvalue weighted by molar-refractivity contribution is -0.125. The Hall–Kier alpha value is -1.43. The molecule has 0 aliphatic heterocycles. The highest BCUT2D eigenvalue weighted by atomic mass is 16.5. The Morgan fingerprint density at radius 1 is 1.29 bits per heavy atom. The summed E-state index contributed by atoms with van der Waals surface area (Å²) in [5, 5.41) is 12.1. The quantitative estimate of drug-likeness (QED) is 0.726. The summed E-state index contributed by atoms with van der Waals surface area (Å²) >= 11 is 0. The number of aliphatic hydroxyl groups excluding tert-OH is 1. The van der Waals surface area contributed by atoms with Crippen molar-refractivity contribution in [3.05, 3.63) is 30.3 Å². The van der Waals surface area contributed by atoms with Gasteiger partial charge in [0.15, 0.2) is 0 Å². The van der Waals surface area contributed by atoms with Crippen molar-refractivity contribution in [2.24, 2.45) is 5.41 Å². The summed E-state index contributed by atoms with van der Waals surface area (Å²) in [6.45, 7) is 6.25. The van der Waals surface area contributed by atoms with Gasteiger partial charge in [0.2, 0.25) is 5.91 Å². The van der Waals surface area contributed by atoms with Crippen molar-refractivity contribution in [3.63, 3.8) is 0 Å². The van der Waals surface area contributed by atoms with E-state index in [1.165, 1.54) is 0 Å². The number of benzene rings is 1. The Kier molecular flexibility index (Phi) is 7.36. The molecule has 0 radical (unpaired) electrons. The van der Waals surface area contributed by atoms with Gasteiger partial charge in [0.25, 0.3) is 0 Å². The molecule has 2 N–H and O–H groups in total. The standard InChI is InChI=1S/C16H26N2O3/c1-16(2,13-18(9-11-19)10-12-21-3)15(20)17-14-7-5-4-6-8-14/h4-8,19H,9-13H2,1-3H3,(H,17,20). The van der Waals surface area contributed by atoms with E-state index in [1.807, 2.05) is 49.1 Å². The highest BCUT2D eigenvalue weighted by Crippen LogP contribution is 2.20. The Bertz CT molecular complexity index is 421. The second kappa shape index (κ2) is 8.77. The molecule has 0 bridgehead atoms. The van der Waals surface area contributed by atoms with Gasteiger partial charge in [-0.2, -0.15) is 0 Å². The van der Waals surface area contributed by atoms with Gasteiger partial charge in [-0.15, -0.1) is 0 Å². The van der Waals surface area contributed by atoms with Crippen LogP contribution in [0.3, 0.4) is 0 Å². The van der Waals surface area contributed by atoms with Crippen LogP contribution in [0.25, 0.3) is 0 Å². The Morgan fingerprint density at radius 3 is 2.52 bits per heavy atom. The van der Waals surface area contributed by atoms with Crippen molar-refractivity contribution >= 4 is 11.6 Å². The summed E-state index contributed by atoms with van der Waals surface area (Å²) in [5.41, 5.74) is 0.236. The molecule has 0 aliphatic rings. The summed E-state index contributed by atoms with van der Waals surface area (Å²) in [5.74, 6) is -0.0333. The predicted molar refractivity (Wildman–Crippen MR) is 84.3 cm³/mol. The van der Waals surface area contributed by atoms with Gasteiger partial charge in [-0.05, 0) is 26.0 Å². The number of carbonyl (C=O) groups is 1. The van der Waals surface area contributed by atoms with Crippen LogP contribution in [0.1, 0.15) is 13.8 Å². The smallest absolute Gasteiger partial charge is 0.231 e. The van der Waals surface area contributed by atoms with E-state index in [9.17, 15) is 4.79 Å². The topological polar surface area (TPSA) is 61.8 Å². The van der Waals surface area contributed by atoms with E-state index in [-0.39, 0.29) is 12.5 Å². The second-order valence-electron chi connectivity index (χ2n) is 5.70. The summed E-state index contributed by atoms with van der Waals surface area (Å²) in [6.07, 6.45) is 0. The van der Waals surface area contributed by atoms with Gasteiger partial charge in [0.05, 0.1) is 18.6 Å². The number of hydrogen-bond acceptors (Lipinski definition) is 4. The van der Waals surface area contributed by atoms with E-state index >= 15 is 0 Å². The van der Waals surface area contributed by atoms with E-state index in [0.717, 1.165) is 5.69 Å². The van der Waals surface area contributed by atoms with Crippen LogP contribution in [0.15, 0.2) is 30.3 Å². The van der Waals surface area contributed by atoms with Crippen molar-refractivity contribution in [1.29, 1.82) is 0 Å². The molecule has 0 unspecified atom stereocenters. The molecule has 5 heteroatoms. The molecule has 1 aromatic carbocycles. The molecule has 1 amide bonds. The number of para-hydroxylation sites is 1. The van der Waals surface area contributed by atoms with Crippen LogP contribution >= 0.6 is 0 Å². The molecule has 0 aliphatic carbocycles. The summed E-state index contributed by atoms with van der Waals surface area (Å²) in [7, 11) is 1.64. The number of ether oxygens (including phenoxy) is 1. The van der Waals surface area contributed by atoms with Crippen LogP contribution in [0.4, 0.5) is 5.69 Å². The van der Waals surface area contributed by atoms with E-state index in [2.05, 4.69) is 5.32 Å². The minimum atomic E-state index is -0.557. The lowest BCUT2D eigenvalue weighted by atomic mass is 9.91. The molecule has 0 aromatic heterocycles. The van der Waals surface area contributed by atoms with Crippen LogP contribution in [0.2, 0.25) is 0 Å². The van der Waals surface area contributed by atoms with Crippen LogP contribution in [0.5, 0.6) is 0 Å². The van der Waals surface area contributed by atoms with E-state index in [4.69, 9.17) is 9.84 Å². The molecule has 0 spiro atoms. The third kappa shape index (κ3) is 6.25. The fraction of sp³-hybridized carbons (Fsp3) is 0.562. The van der Waals surface area contributed by atoms with Gasteiger partial charge in [0.1, 0.15) is 0 Å². The predicted octanol–water partition coefficient (Wildman–Crippen LogP) is 1.59. The number of rotatable bonds is 9. The second-order valence-corrected chi connectivity index (χ2v) is 5.70. The first-order valence-corrected chi connectivity index (χ1v) is 7.18. The highest BCUT2D eigenvalue weighted by Gasteiger charge is 2.30. The van der Waals surface area contributed by atoms with Crippen molar-refractivity contribution < 1.29 is 14.6 Å². The molecule has 118 valence electrons. The summed E-state index contributed by atoms with van der Waals surface area (Å²) < 4.78 is 5.07. The molecule has 1 aromatic rings. The Morgan fingerprint density at radius 2 is 1.95 bits per heavy atom. The number of nitrogens with one attached hydrogen (secondary N) is 1. The van der Waals surface area contributed by atoms with Crippen LogP contribution in [-0.2, 0) is 9.53 Å². The summed E-state index contributed by atoms with van der Waals surface area (Å²) in [4.78, 5) is 14.5. The average Bonchev–Trinajstić information content (AvgIpc) is 2.45. The number of methoxy groups -OCH3 is 1. The number of anilines is 1. The van der Waals surface area contributed by atoms with Gasteiger partial charge >= 0.3 is 0 Å². The molecule has 0 atom stereocenters. The third-order valence-electron chi connectivity index (χ3n) is 3.29. The number of carbonyl (C=O) groups excluding carboxylic acids is 1. The first kappa shape index (κ1) is 17.6. The zero-order valence-corrected chi connectivity index (χ0v) is 13.1. The maximum atomic E-state index is 12.4. The van der Waals surface area contributed by atoms with Crippen molar-refractivity contribution in [2.75, 3.05) is 45.3 Å². The lowest BCUT2D eigenvalue weighted by Crippen LogP contribution is -2.44. The molecular weight excluding hydrogens is 268 g/mol. The SMILES string of the molecule is COCCN(CCO)CC(C)(C)C(=O)Nc1ccccc1. The maximum absolute atomic E-state index is 12.4. The number of hydrogen-bond donors (Lipinski definition) is 2. The zero-order valence-electron chi connectivity index (χ0n) is 13.1. The first-order chi connectivity index (χ1) is 9.99. The number of amides is 1. The number of nitrogens with zero attached hydrogens (tertiary/aromatic N) is 1. The minimum absolute atomic E-state index is 0.0333. The van der Waals surface area contributed by atoms with Crippen molar-refractivity contribution in [1.82, 2.24) is 4.90 Å². The summed E-state index contributed by atoms with van der Waals surface area (Å²) in [6, 6.07) is 9.42. The highest BCUT2D eigenvalue weighted by molar-refractivity contribution is 5.94. The maximum Gasteiger partial charge on any atom is 0.231 e. The lowest BCUT2D eigenvalue weighted by Gasteiger charge is -2.31. The van der Waals surface area contributed by atoms with E-state index in [1.54, 1.807) is 7.11 Å².